The van der Waals surface area contributed by atoms with E-state index in [9.17, 15) is 9.59 Å². The predicted octanol–water partition coefficient (Wildman–Crippen LogP) is 1.26. The maximum atomic E-state index is 11.3. The van der Waals surface area contributed by atoms with Crippen molar-refractivity contribution in [3.05, 3.63) is 0 Å². The van der Waals surface area contributed by atoms with Gasteiger partial charge in [-0.15, -0.1) is 0 Å². The maximum Gasteiger partial charge on any atom is 0.338 e. The molecule has 1 rings (SSSR count). The summed E-state index contributed by atoms with van der Waals surface area (Å²) in [4.78, 5) is 22.7. The monoisotopic (exact) mass is 230 g/mol. The van der Waals surface area contributed by atoms with Gasteiger partial charge in [-0.05, 0) is 33.6 Å². The van der Waals surface area contributed by atoms with Gasteiger partial charge >= 0.3 is 11.9 Å². The molecule has 1 aliphatic rings. The van der Waals surface area contributed by atoms with E-state index in [0.29, 0.717) is 13.0 Å². The van der Waals surface area contributed by atoms with E-state index in [0.717, 1.165) is 6.42 Å². The van der Waals surface area contributed by atoms with Crippen LogP contribution in [0.4, 0.5) is 0 Å². The highest BCUT2D eigenvalue weighted by Gasteiger charge is 2.26. The van der Waals surface area contributed by atoms with Crippen LogP contribution in [0.25, 0.3) is 0 Å². The highest BCUT2D eigenvalue weighted by Crippen LogP contribution is 2.16. The van der Waals surface area contributed by atoms with E-state index in [1.54, 1.807) is 20.8 Å². The van der Waals surface area contributed by atoms with Crippen LogP contribution in [0.15, 0.2) is 0 Å². The molecule has 0 aromatic heterocycles. The SMILES string of the molecule is CC(C)(C)C(=O)OCOC(=O)C1CCCO1. The third-order valence-corrected chi connectivity index (χ3v) is 2.20. The molecule has 92 valence electrons. The zero-order chi connectivity index (χ0) is 12.2. The maximum absolute atomic E-state index is 11.3. The van der Waals surface area contributed by atoms with Crippen molar-refractivity contribution in [3.8, 4) is 0 Å². The van der Waals surface area contributed by atoms with E-state index in [4.69, 9.17) is 14.2 Å². The molecular formula is C11H18O5. The third-order valence-electron chi connectivity index (χ3n) is 2.20. The molecule has 1 fully saturated rings. The van der Waals surface area contributed by atoms with Crippen molar-refractivity contribution < 1.29 is 23.8 Å². The number of rotatable bonds is 3. The van der Waals surface area contributed by atoms with Crippen LogP contribution in [0.1, 0.15) is 33.6 Å². The zero-order valence-electron chi connectivity index (χ0n) is 9.95. The van der Waals surface area contributed by atoms with Gasteiger partial charge in [-0.25, -0.2) is 4.79 Å². The lowest BCUT2D eigenvalue weighted by Crippen LogP contribution is -2.27. The first kappa shape index (κ1) is 13.0. The minimum Gasteiger partial charge on any atom is -0.427 e. The lowest BCUT2D eigenvalue weighted by atomic mass is 9.98. The van der Waals surface area contributed by atoms with Gasteiger partial charge in [0.1, 0.15) is 0 Å². The topological polar surface area (TPSA) is 61.8 Å². The largest absolute Gasteiger partial charge is 0.427 e. The average molecular weight is 230 g/mol. The Labute approximate surface area is 95.0 Å². The Morgan fingerprint density at radius 1 is 1.31 bits per heavy atom. The van der Waals surface area contributed by atoms with E-state index in [1.807, 2.05) is 0 Å². The van der Waals surface area contributed by atoms with Gasteiger partial charge < -0.3 is 14.2 Å². The van der Waals surface area contributed by atoms with E-state index in [2.05, 4.69) is 0 Å². The molecule has 5 nitrogen and oxygen atoms in total. The Morgan fingerprint density at radius 3 is 2.50 bits per heavy atom. The van der Waals surface area contributed by atoms with E-state index < -0.39 is 23.5 Å². The van der Waals surface area contributed by atoms with Crippen LogP contribution in [0, 0.1) is 5.41 Å². The standard InChI is InChI=1S/C11H18O5/c1-11(2,3)10(13)16-7-15-9(12)8-5-4-6-14-8/h8H,4-7H2,1-3H3. The van der Waals surface area contributed by atoms with Crippen LogP contribution in [-0.2, 0) is 23.8 Å². The Bertz CT molecular complexity index is 260. The summed E-state index contributed by atoms with van der Waals surface area (Å²) in [7, 11) is 0. The van der Waals surface area contributed by atoms with Crippen LogP contribution in [0.5, 0.6) is 0 Å². The fraction of sp³-hybridized carbons (Fsp3) is 0.818. The van der Waals surface area contributed by atoms with Gasteiger partial charge in [0.2, 0.25) is 6.79 Å². The van der Waals surface area contributed by atoms with Crippen molar-refractivity contribution in [2.24, 2.45) is 5.41 Å². The summed E-state index contributed by atoms with van der Waals surface area (Å²) in [6.45, 7) is 5.45. The first-order valence-electron chi connectivity index (χ1n) is 5.37. The molecule has 1 atom stereocenters. The molecule has 0 radical (unpaired) electrons. The first-order valence-corrected chi connectivity index (χ1v) is 5.37. The molecule has 5 heteroatoms. The Balaban J connectivity index is 2.20. The number of carbonyl (C=O) groups excluding carboxylic acids is 2. The van der Waals surface area contributed by atoms with Crippen molar-refractivity contribution >= 4 is 11.9 Å². The third kappa shape index (κ3) is 3.81. The van der Waals surface area contributed by atoms with Gasteiger partial charge in [0, 0.05) is 6.61 Å². The molecule has 0 aromatic carbocycles. The summed E-state index contributed by atoms with van der Waals surface area (Å²) >= 11 is 0. The van der Waals surface area contributed by atoms with Gasteiger partial charge in [-0.1, -0.05) is 0 Å². The zero-order valence-corrected chi connectivity index (χ0v) is 9.95. The first-order chi connectivity index (χ1) is 7.41. The Morgan fingerprint density at radius 2 is 2.00 bits per heavy atom. The molecule has 16 heavy (non-hydrogen) atoms. The lowest BCUT2D eigenvalue weighted by molar-refractivity contribution is -0.178. The molecule has 1 saturated heterocycles. The fourth-order valence-corrected chi connectivity index (χ4v) is 1.21. The molecule has 1 heterocycles. The van der Waals surface area contributed by atoms with Crippen molar-refractivity contribution in [2.75, 3.05) is 13.4 Å². The number of ether oxygens (including phenoxy) is 3. The second kappa shape index (κ2) is 5.30. The molecule has 0 aliphatic carbocycles. The number of hydrogen-bond acceptors (Lipinski definition) is 5. The highest BCUT2D eigenvalue weighted by atomic mass is 16.7. The van der Waals surface area contributed by atoms with E-state index in [-0.39, 0.29) is 6.79 Å². The summed E-state index contributed by atoms with van der Waals surface area (Å²) in [5.41, 5.74) is -0.587. The van der Waals surface area contributed by atoms with Crippen LogP contribution < -0.4 is 0 Å². The predicted molar refractivity (Wildman–Crippen MR) is 55.5 cm³/mol. The van der Waals surface area contributed by atoms with Crippen molar-refractivity contribution in [3.63, 3.8) is 0 Å². The van der Waals surface area contributed by atoms with Gasteiger partial charge in [-0.2, -0.15) is 0 Å². The van der Waals surface area contributed by atoms with E-state index >= 15 is 0 Å². The quantitative estimate of drug-likeness (QED) is 0.539. The summed E-state index contributed by atoms with van der Waals surface area (Å²) in [6, 6.07) is 0. The molecular weight excluding hydrogens is 212 g/mol. The van der Waals surface area contributed by atoms with Crippen LogP contribution in [0.3, 0.4) is 0 Å². The van der Waals surface area contributed by atoms with Crippen molar-refractivity contribution in [1.29, 1.82) is 0 Å². The second-order valence-corrected chi connectivity index (χ2v) is 4.76. The molecule has 0 N–H and O–H groups in total. The van der Waals surface area contributed by atoms with E-state index in [1.165, 1.54) is 0 Å². The number of esters is 2. The Hall–Kier alpha value is -1.10. The van der Waals surface area contributed by atoms with Gasteiger partial charge in [0.05, 0.1) is 5.41 Å². The van der Waals surface area contributed by atoms with Crippen molar-refractivity contribution in [1.82, 2.24) is 0 Å². The average Bonchev–Trinajstić information content (AvgIpc) is 2.68. The van der Waals surface area contributed by atoms with Crippen LogP contribution in [0.2, 0.25) is 0 Å². The highest BCUT2D eigenvalue weighted by molar-refractivity contribution is 5.76. The smallest absolute Gasteiger partial charge is 0.338 e. The minimum absolute atomic E-state index is 0.338. The summed E-state index contributed by atoms with van der Waals surface area (Å²) in [5.74, 6) is -0.855. The van der Waals surface area contributed by atoms with Crippen molar-refractivity contribution in [2.45, 2.75) is 39.7 Å². The van der Waals surface area contributed by atoms with Crippen LogP contribution in [-0.4, -0.2) is 31.4 Å². The normalized spacial score (nSPS) is 20.6. The molecule has 0 saturated carbocycles. The lowest BCUT2D eigenvalue weighted by Gasteiger charge is -2.16. The fourth-order valence-electron chi connectivity index (χ4n) is 1.21. The Kier molecular flexibility index (Phi) is 4.29. The molecule has 0 spiro atoms. The van der Waals surface area contributed by atoms with Gasteiger partial charge in [-0.3, -0.25) is 4.79 Å². The molecule has 1 unspecified atom stereocenters. The minimum atomic E-state index is -0.587. The van der Waals surface area contributed by atoms with Gasteiger partial charge in [0.25, 0.3) is 0 Å². The summed E-state index contributed by atoms with van der Waals surface area (Å²) in [5, 5.41) is 0. The molecule has 1 aliphatic heterocycles. The molecule has 0 aromatic rings. The molecule has 0 amide bonds. The number of hydrogen-bond donors (Lipinski definition) is 0. The second-order valence-electron chi connectivity index (χ2n) is 4.76. The molecule has 0 bridgehead atoms. The summed E-state index contributed by atoms with van der Waals surface area (Å²) < 4.78 is 14.7. The summed E-state index contributed by atoms with van der Waals surface area (Å²) in [6.07, 6.45) is 1.04. The number of carbonyl (C=O) groups is 2. The van der Waals surface area contributed by atoms with Crippen LogP contribution >= 0.6 is 0 Å². The van der Waals surface area contributed by atoms with Gasteiger partial charge in [0.15, 0.2) is 6.10 Å².